The molecule has 0 atom stereocenters. The van der Waals surface area contributed by atoms with Gasteiger partial charge in [-0.05, 0) is 5.56 Å². The van der Waals surface area contributed by atoms with Crippen LogP contribution in [0.4, 0.5) is 4.79 Å². The van der Waals surface area contributed by atoms with Crippen LogP contribution in [0, 0.1) is 0 Å². The van der Waals surface area contributed by atoms with E-state index >= 15 is 0 Å². The van der Waals surface area contributed by atoms with Crippen molar-refractivity contribution in [2.75, 3.05) is 19.7 Å². The van der Waals surface area contributed by atoms with Gasteiger partial charge in [-0.25, -0.2) is 4.79 Å². The zero-order valence-electron chi connectivity index (χ0n) is 8.89. The molecule has 1 fully saturated rings. The van der Waals surface area contributed by atoms with Crippen molar-refractivity contribution in [2.45, 2.75) is 6.42 Å². The summed E-state index contributed by atoms with van der Waals surface area (Å²) in [6, 6.07) is 9.51. The predicted octanol–water partition coefficient (Wildman–Crippen LogP) is 1.25. The number of ketones is 1. The van der Waals surface area contributed by atoms with E-state index in [1.54, 1.807) is 0 Å². The van der Waals surface area contributed by atoms with Gasteiger partial charge in [0.25, 0.3) is 0 Å². The van der Waals surface area contributed by atoms with Crippen molar-refractivity contribution in [3.63, 3.8) is 0 Å². The highest BCUT2D eigenvalue weighted by Crippen LogP contribution is 2.05. The first-order valence-electron chi connectivity index (χ1n) is 5.23. The second-order valence-electron chi connectivity index (χ2n) is 3.74. The molecule has 0 spiro atoms. The van der Waals surface area contributed by atoms with Crippen molar-refractivity contribution in [1.29, 1.82) is 0 Å². The fourth-order valence-corrected chi connectivity index (χ4v) is 1.66. The molecule has 0 saturated carbocycles. The lowest BCUT2D eigenvalue weighted by atomic mass is 10.1. The highest BCUT2D eigenvalue weighted by atomic mass is 16.6. The van der Waals surface area contributed by atoms with Gasteiger partial charge in [-0.3, -0.25) is 9.69 Å². The number of nitrogens with zero attached hydrogens (tertiary/aromatic N) is 1. The lowest BCUT2D eigenvalue weighted by molar-refractivity contribution is -0.118. The summed E-state index contributed by atoms with van der Waals surface area (Å²) in [4.78, 5) is 24.2. The number of benzene rings is 1. The smallest absolute Gasteiger partial charge is 0.410 e. The summed E-state index contributed by atoms with van der Waals surface area (Å²) in [5.74, 6) is 0.0325. The number of cyclic esters (lactones) is 1. The van der Waals surface area contributed by atoms with Crippen LogP contribution in [0.2, 0.25) is 0 Å². The lowest BCUT2D eigenvalue weighted by Crippen LogP contribution is -2.31. The summed E-state index contributed by atoms with van der Waals surface area (Å²) in [5, 5.41) is 0. The molecule has 4 nitrogen and oxygen atoms in total. The molecule has 0 aliphatic carbocycles. The average molecular weight is 219 g/mol. The average Bonchev–Trinajstić information content (AvgIpc) is 2.66. The van der Waals surface area contributed by atoms with Crippen LogP contribution in [0.5, 0.6) is 0 Å². The molecule has 0 unspecified atom stereocenters. The molecular weight excluding hydrogens is 206 g/mol. The molecule has 0 bridgehead atoms. The van der Waals surface area contributed by atoms with E-state index in [-0.39, 0.29) is 18.4 Å². The number of carbonyl (C=O) groups is 2. The molecule has 1 saturated heterocycles. The first-order valence-corrected chi connectivity index (χ1v) is 5.23. The van der Waals surface area contributed by atoms with Crippen molar-refractivity contribution in [3.8, 4) is 0 Å². The van der Waals surface area contributed by atoms with Gasteiger partial charge in [-0.1, -0.05) is 30.3 Å². The zero-order chi connectivity index (χ0) is 11.4. The molecule has 1 aliphatic heterocycles. The van der Waals surface area contributed by atoms with E-state index in [0.717, 1.165) is 5.56 Å². The molecule has 1 aromatic carbocycles. The van der Waals surface area contributed by atoms with Gasteiger partial charge in [-0.15, -0.1) is 0 Å². The molecule has 2 rings (SSSR count). The Bertz CT molecular complexity index is 389. The van der Waals surface area contributed by atoms with Crippen LogP contribution in [0.3, 0.4) is 0 Å². The third-order valence-corrected chi connectivity index (χ3v) is 2.46. The summed E-state index contributed by atoms with van der Waals surface area (Å²) >= 11 is 0. The lowest BCUT2D eigenvalue weighted by Gasteiger charge is -2.10. The van der Waals surface area contributed by atoms with Crippen molar-refractivity contribution in [3.05, 3.63) is 35.9 Å². The number of Topliss-reactive ketones (excluding diaryl/α,β-unsaturated/α-hetero) is 1. The first kappa shape index (κ1) is 10.7. The fraction of sp³-hybridized carbons (Fsp3) is 0.333. The van der Waals surface area contributed by atoms with Gasteiger partial charge in [0.15, 0.2) is 5.78 Å². The zero-order valence-corrected chi connectivity index (χ0v) is 8.89. The first-order chi connectivity index (χ1) is 7.75. The van der Waals surface area contributed by atoms with Crippen molar-refractivity contribution in [2.24, 2.45) is 0 Å². The molecule has 84 valence electrons. The van der Waals surface area contributed by atoms with E-state index in [0.29, 0.717) is 19.6 Å². The second kappa shape index (κ2) is 4.79. The maximum absolute atomic E-state index is 11.7. The largest absolute Gasteiger partial charge is 0.448 e. The normalized spacial score (nSPS) is 15.0. The molecule has 1 aromatic rings. The maximum Gasteiger partial charge on any atom is 0.410 e. The number of amides is 1. The quantitative estimate of drug-likeness (QED) is 0.765. The Morgan fingerprint density at radius 3 is 2.69 bits per heavy atom. The Labute approximate surface area is 93.8 Å². The van der Waals surface area contributed by atoms with Crippen LogP contribution in [0.15, 0.2) is 30.3 Å². The Balaban J connectivity index is 1.87. The number of hydrogen-bond acceptors (Lipinski definition) is 3. The van der Waals surface area contributed by atoms with E-state index in [4.69, 9.17) is 4.74 Å². The fourth-order valence-electron chi connectivity index (χ4n) is 1.66. The summed E-state index contributed by atoms with van der Waals surface area (Å²) in [7, 11) is 0. The molecule has 4 heteroatoms. The van der Waals surface area contributed by atoms with E-state index in [2.05, 4.69) is 0 Å². The van der Waals surface area contributed by atoms with Gasteiger partial charge in [0.2, 0.25) is 0 Å². The van der Waals surface area contributed by atoms with Crippen molar-refractivity contribution < 1.29 is 14.3 Å². The van der Waals surface area contributed by atoms with Crippen LogP contribution < -0.4 is 0 Å². The number of carbonyl (C=O) groups excluding carboxylic acids is 2. The van der Waals surface area contributed by atoms with Crippen LogP contribution in [-0.4, -0.2) is 36.5 Å². The molecule has 0 radical (unpaired) electrons. The minimum atomic E-state index is -0.388. The Morgan fingerprint density at radius 1 is 1.31 bits per heavy atom. The van der Waals surface area contributed by atoms with E-state index in [9.17, 15) is 9.59 Å². The van der Waals surface area contributed by atoms with Crippen molar-refractivity contribution >= 4 is 11.9 Å². The van der Waals surface area contributed by atoms with Crippen LogP contribution in [0.1, 0.15) is 5.56 Å². The number of rotatable bonds is 4. The third kappa shape index (κ3) is 2.59. The van der Waals surface area contributed by atoms with Gasteiger partial charge in [0, 0.05) is 6.42 Å². The summed E-state index contributed by atoms with van der Waals surface area (Å²) in [5.41, 5.74) is 0.972. The second-order valence-corrected chi connectivity index (χ2v) is 3.74. The maximum atomic E-state index is 11.7. The van der Waals surface area contributed by atoms with Crippen molar-refractivity contribution in [1.82, 2.24) is 4.90 Å². The summed E-state index contributed by atoms with van der Waals surface area (Å²) < 4.78 is 4.75. The molecule has 1 amide bonds. The van der Waals surface area contributed by atoms with Crippen LogP contribution >= 0.6 is 0 Å². The topological polar surface area (TPSA) is 46.6 Å². The molecular formula is C12H13NO3. The molecule has 1 aliphatic rings. The number of hydrogen-bond donors (Lipinski definition) is 0. The van der Waals surface area contributed by atoms with Gasteiger partial charge in [-0.2, -0.15) is 0 Å². The minimum Gasteiger partial charge on any atom is -0.448 e. The summed E-state index contributed by atoms with van der Waals surface area (Å²) in [6.45, 7) is 1.05. The van der Waals surface area contributed by atoms with Gasteiger partial charge in [0.1, 0.15) is 6.61 Å². The van der Waals surface area contributed by atoms with Gasteiger partial charge < -0.3 is 4.74 Å². The molecule has 0 N–H and O–H groups in total. The van der Waals surface area contributed by atoms with E-state index in [1.807, 2.05) is 30.3 Å². The SMILES string of the molecule is O=C(Cc1ccccc1)CN1CCOC1=O. The van der Waals surface area contributed by atoms with Gasteiger partial charge >= 0.3 is 6.09 Å². The predicted molar refractivity (Wildman–Crippen MR) is 58.1 cm³/mol. The third-order valence-electron chi connectivity index (χ3n) is 2.46. The van der Waals surface area contributed by atoms with Crippen LogP contribution in [-0.2, 0) is 16.0 Å². The standard InChI is InChI=1S/C12H13NO3/c14-11(8-10-4-2-1-3-5-10)9-13-6-7-16-12(13)15/h1-5H,6-9H2. The molecule has 0 aromatic heterocycles. The highest BCUT2D eigenvalue weighted by molar-refractivity contribution is 5.86. The summed E-state index contributed by atoms with van der Waals surface area (Å²) in [6.07, 6.45) is -0.0219. The van der Waals surface area contributed by atoms with Gasteiger partial charge in [0.05, 0.1) is 13.1 Å². The van der Waals surface area contributed by atoms with Crippen LogP contribution in [0.25, 0.3) is 0 Å². The molecule has 16 heavy (non-hydrogen) atoms. The Kier molecular flexibility index (Phi) is 3.19. The molecule has 1 heterocycles. The monoisotopic (exact) mass is 219 g/mol. The highest BCUT2D eigenvalue weighted by Gasteiger charge is 2.23. The minimum absolute atomic E-state index is 0.0325. The van der Waals surface area contributed by atoms with E-state index in [1.165, 1.54) is 4.90 Å². The Morgan fingerprint density at radius 2 is 2.06 bits per heavy atom. The number of ether oxygens (including phenoxy) is 1. The Hall–Kier alpha value is -1.84. The van der Waals surface area contributed by atoms with E-state index < -0.39 is 0 Å².